The molecule has 31 heavy (non-hydrogen) atoms. The number of carbonyl (C=O) groups excluding carboxylic acids is 1. The van der Waals surface area contributed by atoms with E-state index >= 15 is 0 Å². The number of amides is 1. The second-order valence-electron chi connectivity index (χ2n) is 7.59. The smallest absolute Gasteiger partial charge is 0.294 e. The molecule has 1 fully saturated rings. The lowest BCUT2D eigenvalue weighted by atomic mass is 9.94. The standard InChI is InChI=1S/C23H23F2N3O3/c1-30-21-7-3-2-6-19(21)26-23(29)22-12-20(27-31-22)16-5-4-10-28(14-16)13-15-8-9-17(24)18(25)11-15/h2-3,6-9,11-12,16H,4-5,10,13-14H2,1H3,(H,26,29). The fourth-order valence-corrected chi connectivity index (χ4v) is 3.86. The molecule has 1 aromatic heterocycles. The maximum absolute atomic E-state index is 13.5. The number of ether oxygens (including phenoxy) is 1. The number of halogens is 2. The zero-order chi connectivity index (χ0) is 21.8. The summed E-state index contributed by atoms with van der Waals surface area (Å²) in [7, 11) is 1.53. The van der Waals surface area contributed by atoms with E-state index in [1.807, 2.05) is 6.07 Å². The van der Waals surface area contributed by atoms with Gasteiger partial charge in [0.15, 0.2) is 11.6 Å². The SMILES string of the molecule is COc1ccccc1NC(=O)c1cc(C2CCCN(Cc3ccc(F)c(F)c3)C2)no1. The van der Waals surface area contributed by atoms with Gasteiger partial charge in [-0.05, 0) is 49.2 Å². The molecule has 0 radical (unpaired) electrons. The van der Waals surface area contributed by atoms with E-state index in [1.165, 1.54) is 13.2 Å². The molecule has 0 saturated carbocycles. The third-order valence-corrected chi connectivity index (χ3v) is 5.42. The fraction of sp³-hybridized carbons (Fsp3) is 0.304. The van der Waals surface area contributed by atoms with Crippen LogP contribution in [0.2, 0.25) is 0 Å². The van der Waals surface area contributed by atoms with Crippen LogP contribution in [0.5, 0.6) is 5.75 Å². The molecule has 1 N–H and O–H groups in total. The van der Waals surface area contributed by atoms with E-state index in [1.54, 1.807) is 30.3 Å². The zero-order valence-electron chi connectivity index (χ0n) is 17.1. The Balaban J connectivity index is 1.40. The summed E-state index contributed by atoms with van der Waals surface area (Å²) in [5.41, 5.74) is 1.97. The first-order chi connectivity index (χ1) is 15.0. The van der Waals surface area contributed by atoms with Gasteiger partial charge in [-0.1, -0.05) is 23.4 Å². The van der Waals surface area contributed by atoms with Gasteiger partial charge in [0.25, 0.3) is 5.91 Å². The lowest BCUT2D eigenvalue weighted by molar-refractivity contribution is 0.0987. The Hall–Kier alpha value is -3.26. The van der Waals surface area contributed by atoms with Gasteiger partial charge in [-0.25, -0.2) is 8.78 Å². The average Bonchev–Trinajstić information content (AvgIpc) is 3.27. The number of rotatable bonds is 6. The van der Waals surface area contributed by atoms with Gasteiger partial charge in [0.1, 0.15) is 5.75 Å². The Morgan fingerprint density at radius 1 is 1.23 bits per heavy atom. The summed E-state index contributed by atoms with van der Waals surface area (Å²) in [5, 5.41) is 6.88. The van der Waals surface area contributed by atoms with Crippen molar-refractivity contribution in [2.24, 2.45) is 0 Å². The largest absolute Gasteiger partial charge is 0.495 e. The molecule has 1 atom stereocenters. The molecule has 2 aromatic carbocycles. The molecule has 6 nitrogen and oxygen atoms in total. The third kappa shape index (κ3) is 4.91. The van der Waals surface area contributed by atoms with E-state index in [2.05, 4.69) is 15.4 Å². The van der Waals surface area contributed by atoms with E-state index in [9.17, 15) is 13.6 Å². The van der Waals surface area contributed by atoms with Crippen molar-refractivity contribution < 1.29 is 22.8 Å². The summed E-state index contributed by atoms with van der Waals surface area (Å²) in [6.07, 6.45) is 1.85. The lowest BCUT2D eigenvalue weighted by Crippen LogP contribution is -2.34. The Kier molecular flexibility index (Phi) is 6.27. The Morgan fingerprint density at radius 3 is 2.87 bits per heavy atom. The number of methoxy groups -OCH3 is 1. The molecule has 1 amide bonds. The first-order valence-corrected chi connectivity index (χ1v) is 10.1. The highest BCUT2D eigenvalue weighted by Crippen LogP contribution is 2.29. The molecule has 1 unspecified atom stereocenters. The number of aromatic nitrogens is 1. The monoisotopic (exact) mass is 427 g/mol. The number of hydrogen-bond acceptors (Lipinski definition) is 5. The van der Waals surface area contributed by atoms with E-state index in [-0.39, 0.29) is 11.7 Å². The molecule has 1 aliphatic rings. The number of nitrogens with one attached hydrogen (secondary N) is 1. The third-order valence-electron chi connectivity index (χ3n) is 5.42. The van der Waals surface area contributed by atoms with Gasteiger partial charge in [-0.15, -0.1) is 0 Å². The topological polar surface area (TPSA) is 67.6 Å². The van der Waals surface area contributed by atoms with Crippen molar-refractivity contribution in [3.63, 3.8) is 0 Å². The Morgan fingerprint density at radius 2 is 2.06 bits per heavy atom. The number of hydrogen-bond donors (Lipinski definition) is 1. The normalized spacial score (nSPS) is 16.8. The second-order valence-corrected chi connectivity index (χ2v) is 7.59. The van der Waals surface area contributed by atoms with E-state index in [0.29, 0.717) is 30.2 Å². The van der Waals surface area contributed by atoms with Crippen LogP contribution in [-0.4, -0.2) is 36.2 Å². The van der Waals surface area contributed by atoms with Gasteiger partial charge < -0.3 is 14.6 Å². The van der Waals surface area contributed by atoms with Crippen molar-refractivity contribution in [1.29, 1.82) is 0 Å². The molecule has 1 aliphatic heterocycles. The number of para-hydroxylation sites is 2. The number of nitrogens with zero attached hydrogens (tertiary/aromatic N) is 2. The first kappa shape index (κ1) is 21.0. The molecule has 3 aromatic rings. The van der Waals surface area contributed by atoms with E-state index in [4.69, 9.17) is 9.26 Å². The minimum atomic E-state index is -0.846. The van der Waals surface area contributed by atoms with Gasteiger partial charge in [-0.3, -0.25) is 9.69 Å². The minimum absolute atomic E-state index is 0.0932. The van der Waals surface area contributed by atoms with Gasteiger partial charge in [0.2, 0.25) is 5.76 Å². The summed E-state index contributed by atoms with van der Waals surface area (Å²) in [6.45, 7) is 2.07. The maximum Gasteiger partial charge on any atom is 0.294 e. The van der Waals surface area contributed by atoms with E-state index in [0.717, 1.165) is 31.0 Å². The van der Waals surface area contributed by atoms with Crippen molar-refractivity contribution in [2.45, 2.75) is 25.3 Å². The number of piperidine rings is 1. The van der Waals surface area contributed by atoms with Gasteiger partial charge in [-0.2, -0.15) is 0 Å². The number of carbonyl (C=O) groups is 1. The summed E-state index contributed by atoms with van der Waals surface area (Å²) in [5.74, 6) is -1.32. The minimum Gasteiger partial charge on any atom is -0.495 e. The highest BCUT2D eigenvalue weighted by Gasteiger charge is 2.26. The fourth-order valence-electron chi connectivity index (χ4n) is 3.86. The highest BCUT2D eigenvalue weighted by molar-refractivity contribution is 6.03. The number of benzene rings is 2. The van der Waals surface area contributed by atoms with Crippen LogP contribution < -0.4 is 10.1 Å². The van der Waals surface area contributed by atoms with Gasteiger partial charge in [0.05, 0.1) is 18.5 Å². The average molecular weight is 427 g/mol. The molecule has 4 rings (SSSR count). The predicted octanol–water partition coefficient (Wildman–Crippen LogP) is 4.59. The predicted molar refractivity (Wildman–Crippen MR) is 111 cm³/mol. The van der Waals surface area contributed by atoms with Crippen LogP contribution in [0.1, 0.15) is 40.6 Å². The summed E-state index contributed by atoms with van der Waals surface area (Å²) < 4.78 is 37.2. The molecule has 8 heteroatoms. The summed E-state index contributed by atoms with van der Waals surface area (Å²) in [4.78, 5) is 14.7. The van der Waals surface area contributed by atoms with Crippen molar-refractivity contribution in [3.8, 4) is 5.75 Å². The van der Waals surface area contributed by atoms with Gasteiger partial charge >= 0.3 is 0 Å². The molecule has 0 aliphatic carbocycles. The molecule has 1 saturated heterocycles. The molecule has 2 heterocycles. The van der Waals surface area contributed by atoms with Crippen LogP contribution in [0.4, 0.5) is 14.5 Å². The number of likely N-dealkylation sites (tertiary alicyclic amines) is 1. The van der Waals surface area contributed by atoms with Crippen LogP contribution in [0.15, 0.2) is 53.1 Å². The maximum atomic E-state index is 13.5. The zero-order valence-corrected chi connectivity index (χ0v) is 17.1. The lowest BCUT2D eigenvalue weighted by Gasteiger charge is -2.31. The Bertz CT molecular complexity index is 1070. The highest BCUT2D eigenvalue weighted by atomic mass is 19.2. The van der Waals surface area contributed by atoms with Crippen molar-refractivity contribution in [3.05, 3.63) is 77.2 Å². The van der Waals surface area contributed by atoms with Crippen LogP contribution in [0.3, 0.4) is 0 Å². The molecule has 0 bridgehead atoms. The molecule has 0 spiro atoms. The molecular weight excluding hydrogens is 404 g/mol. The first-order valence-electron chi connectivity index (χ1n) is 10.1. The van der Waals surface area contributed by atoms with Crippen molar-refractivity contribution >= 4 is 11.6 Å². The van der Waals surface area contributed by atoms with Gasteiger partial charge in [0, 0.05) is 25.1 Å². The summed E-state index contributed by atoms with van der Waals surface area (Å²) >= 11 is 0. The molecular formula is C23H23F2N3O3. The Labute approximate surface area is 178 Å². The van der Waals surface area contributed by atoms with Crippen LogP contribution in [0.25, 0.3) is 0 Å². The van der Waals surface area contributed by atoms with E-state index < -0.39 is 17.5 Å². The van der Waals surface area contributed by atoms with Crippen LogP contribution in [-0.2, 0) is 6.54 Å². The molecule has 162 valence electrons. The number of anilines is 1. The summed E-state index contributed by atoms with van der Waals surface area (Å²) in [6, 6.07) is 12.8. The van der Waals surface area contributed by atoms with Crippen molar-refractivity contribution in [2.75, 3.05) is 25.5 Å². The quantitative estimate of drug-likeness (QED) is 0.623. The van der Waals surface area contributed by atoms with Crippen LogP contribution in [0, 0.1) is 11.6 Å². The van der Waals surface area contributed by atoms with Crippen LogP contribution >= 0.6 is 0 Å². The second kappa shape index (κ2) is 9.26. The van der Waals surface area contributed by atoms with Crippen molar-refractivity contribution in [1.82, 2.24) is 10.1 Å².